The molecular weight excluding hydrogens is 298 g/mol. The van der Waals surface area contributed by atoms with Crippen molar-refractivity contribution in [2.45, 2.75) is 6.92 Å². The highest BCUT2D eigenvalue weighted by molar-refractivity contribution is 7.71. The van der Waals surface area contributed by atoms with Crippen LogP contribution in [0.3, 0.4) is 0 Å². The van der Waals surface area contributed by atoms with Gasteiger partial charge in [-0.15, -0.1) is 0 Å². The molecule has 0 unspecified atom stereocenters. The summed E-state index contributed by atoms with van der Waals surface area (Å²) in [5.74, 6) is 0. The number of nitro groups is 1. The summed E-state index contributed by atoms with van der Waals surface area (Å²) in [6.45, 7) is 2.03. The van der Waals surface area contributed by atoms with Gasteiger partial charge in [0.1, 0.15) is 0 Å². The minimum atomic E-state index is -0.413. The molecule has 0 aliphatic heterocycles. The predicted octanol–water partition coefficient (Wildman–Crippen LogP) is 4.42. The molecule has 3 rings (SSSR count). The Hall–Kier alpha value is -2.73. The topological polar surface area (TPSA) is 63.9 Å². The lowest BCUT2D eigenvalue weighted by Crippen LogP contribution is -1.91. The van der Waals surface area contributed by atoms with Gasteiger partial charge in [-0.05, 0) is 43.4 Å². The predicted molar refractivity (Wildman–Crippen MR) is 87.8 cm³/mol. The number of non-ortho nitro benzene ring substituents is 1. The molecule has 1 N–H and O–H groups in total. The summed E-state index contributed by atoms with van der Waals surface area (Å²) in [5, 5.41) is 10.7. The van der Waals surface area contributed by atoms with E-state index in [0.717, 1.165) is 16.9 Å². The maximum Gasteiger partial charge on any atom is 0.269 e. The first-order valence-corrected chi connectivity index (χ1v) is 7.09. The molecule has 3 aromatic rings. The lowest BCUT2D eigenvalue weighted by Gasteiger charge is -2.02. The van der Waals surface area contributed by atoms with Crippen molar-refractivity contribution in [2.75, 3.05) is 0 Å². The molecule has 110 valence electrons. The second kappa shape index (κ2) is 5.57. The summed E-state index contributed by atoms with van der Waals surface area (Å²) < 4.78 is 2.46. The van der Waals surface area contributed by atoms with E-state index in [1.54, 1.807) is 12.1 Å². The van der Waals surface area contributed by atoms with E-state index < -0.39 is 4.92 Å². The molecule has 1 aromatic heterocycles. The van der Waals surface area contributed by atoms with Crippen molar-refractivity contribution >= 4 is 17.9 Å². The van der Waals surface area contributed by atoms with E-state index >= 15 is 0 Å². The Kier molecular flexibility index (Phi) is 3.60. The molecule has 0 saturated carbocycles. The monoisotopic (exact) mass is 311 g/mol. The SMILES string of the molecule is Cc1ccc(-n2cc(-c3ccc([N+](=O)[O-])cc3)[nH]c2=S)cc1. The highest BCUT2D eigenvalue weighted by atomic mass is 32.1. The second-order valence-corrected chi connectivity index (χ2v) is 5.37. The van der Waals surface area contributed by atoms with Crippen molar-refractivity contribution in [3.63, 3.8) is 0 Å². The number of nitro benzene ring substituents is 1. The van der Waals surface area contributed by atoms with Gasteiger partial charge in [-0.1, -0.05) is 17.7 Å². The normalized spacial score (nSPS) is 10.6. The van der Waals surface area contributed by atoms with Crippen molar-refractivity contribution in [2.24, 2.45) is 0 Å². The second-order valence-electron chi connectivity index (χ2n) is 4.98. The van der Waals surface area contributed by atoms with Crippen LogP contribution in [0.1, 0.15) is 5.56 Å². The number of nitrogens with one attached hydrogen (secondary N) is 1. The summed E-state index contributed by atoms with van der Waals surface area (Å²) in [5.41, 5.74) is 3.89. The molecule has 22 heavy (non-hydrogen) atoms. The Balaban J connectivity index is 2.00. The summed E-state index contributed by atoms with van der Waals surface area (Å²) in [6.07, 6.45) is 1.90. The lowest BCUT2D eigenvalue weighted by atomic mass is 10.1. The maximum atomic E-state index is 10.7. The van der Waals surface area contributed by atoms with E-state index in [9.17, 15) is 10.1 Å². The van der Waals surface area contributed by atoms with Gasteiger partial charge >= 0.3 is 0 Å². The van der Waals surface area contributed by atoms with Crippen LogP contribution in [0, 0.1) is 21.8 Å². The van der Waals surface area contributed by atoms with Gasteiger partial charge in [0.2, 0.25) is 0 Å². The van der Waals surface area contributed by atoms with Crippen molar-refractivity contribution < 1.29 is 4.92 Å². The van der Waals surface area contributed by atoms with Gasteiger partial charge < -0.3 is 4.98 Å². The highest BCUT2D eigenvalue weighted by Gasteiger charge is 2.08. The van der Waals surface area contributed by atoms with Gasteiger partial charge in [0.15, 0.2) is 4.77 Å². The van der Waals surface area contributed by atoms with E-state index in [0.29, 0.717) is 4.77 Å². The van der Waals surface area contributed by atoms with Gasteiger partial charge in [-0.25, -0.2) is 0 Å². The Morgan fingerprint density at radius 2 is 1.73 bits per heavy atom. The Bertz CT molecular complexity index is 877. The van der Waals surface area contributed by atoms with E-state index in [-0.39, 0.29) is 5.69 Å². The molecule has 6 heteroatoms. The number of rotatable bonds is 3. The average Bonchev–Trinajstić information content (AvgIpc) is 2.90. The first-order chi connectivity index (χ1) is 10.5. The first-order valence-electron chi connectivity index (χ1n) is 6.68. The minimum Gasteiger partial charge on any atom is -0.330 e. The molecule has 0 radical (unpaired) electrons. The molecule has 0 amide bonds. The van der Waals surface area contributed by atoms with E-state index in [1.165, 1.54) is 17.7 Å². The fourth-order valence-corrected chi connectivity index (χ4v) is 2.47. The lowest BCUT2D eigenvalue weighted by molar-refractivity contribution is -0.384. The van der Waals surface area contributed by atoms with Crippen LogP contribution in [0.4, 0.5) is 5.69 Å². The van der Waals surface area contributed by atoms with Crippen molar-refractivity contribution in [3.8, 4) is 16.9 Å². The Labute approximate surface area is 132 Å². The molecule has 0 atom stereocenters. The van der Waals surface area contributed by atoms with Gasteiger partial charge in [-0.2, -0.15) is 0 Å². The number of imidazole rings is 1. The number of hydrogen-bond donors (Lipinski definition) is 1. The zero-order chi connectivity index (χ0) is 15.7. The quantitative estimate of drug-likeness (QED) is 0.442. The van der Waals surface area contributed by atoms with Crippen LogP contribution in [0.5, 0.6) is 0 Å². The zero-order valence-electron chi connectivity index (χ0n) is 11.8. The maximum absolute atomic E-state index is 10.7. The van der Waals surface area contributed by atoms with E-state index in [1.807, 2.05) is 42.0 Å². The molecule has 0 saturated heterocycles. The number of benzene rings is 2. The average molecular weight is 311 g/mol. The van der Waals surface area contributed by atoms with Crippen LogP contribution in [0.25, 0.3) is 16.9 Å². The van der Waals surface area contributed by atoms with Crippen LogP contribution >= 0.6 is 12.2 Å². The number of hydrogen-bond acceptors (Lipinski definition) is 3. The summed E-state index contributed by atoms with van der Waals surface area (Å²) in [6, 6.07) is 14.4. The summed E-state index contributed by atoms with van der Waals surface area (Å²) in [7, 11) is 0. The van der Waals surface area contributed by atoms with E-state index in [2.05, 4.69) is 4.98 Å². The van der Waals surface area contributed by atoms with Gasteiger partial charge in [0.05, 0.1) is 10.6 Å². The third kappa shape index (κ3) is 2.68. The van der Waals surface area contributed by atoms with Crippen LogP contribution in [-0.2, 0) is 0 Å². The number of nitrogens with zero attached hydrogens (tertiary/aromatic N) is 2. The fourth-order valence-electron chi connectivity index (χ4n) is 2.20. The smallest absolute Gasteiger partial charge is 0.269 e. The third-order valence-electron chi connectivity index (χ3n) is 3.42. The van der Waals surface area contributed by atoms with Crippen LogP contribution in [-0.4, -0.2) is 14.5 Å². The number of H-pyrrole nitrogens is 1. The Morgan fingerprint density at radius 3 is 2.32 bits per heavy atom. The first kappa shape index (κ1) is 14.2. The molecule has 0 bridgehead atoms. The summed E-state index contributed by atoms with van der Waals surface area (Å²) >= 11 is 5.35. The minimum absolute atomic E-state index is 0.0697. The molecule has 0 spiro atoms. The molecule has 2 aromatic carbocycles. The molecule has 0 aliphatic carbocycles. The van der Waals surface area contributed by atoms with Crippen molar-refractivity contribution in [1.29, 1.82) is 0 Å². The van der Waals surface area contributed by atoms with Crippen LogP contribution in [0.15, 0.2) is 54.7 Å². The molecule has 0 aliphatic rings. The molecule has 0 fully saturated rings. The largest absolute Gasteiger partial charge is 0.330 e. The Morgan fingerprint density at radius 1 is 1.09 bits per heavy atom. The highest BCUT2D eigenvalue weighted by Crippen LogP contribution is 2.22. The van der Waals surface area contributed by atoms with Crippen LogP contribution in [0.2, 0.25) is 0 Å². The fraction of sp³-hybridized carbons (Fsp3) is 0.0625. The van der Waals surface area contributed by atoms with Gasteiger partial charge in [0, 0.05) is 29.6 Å². The number of aromatic nitrogens is 2. The molecule has 1 heterocycles. The number of aryl methyl sites for hydroxylation is 1. The summed E-state index contributed by atoms with van der Waals surface area (Å²) in [4.78, 5) is 13.4. The van der Waals surface area contributed by atoms with Crippen LogP contribution < -0.4 is 0 Å². The standard InChI is InChI=1S/C16H13N3O2S/c1-11-2-6-13(7-3-11)18-10-15(17-16(18)22)12-4-8-14(9-5-12)19(20)21/h2-10H,1H3,(H,17,22). The molecule has 5 nitrogen and oxygen atoms in total. The van der Waals surface area contributed by atoms with Crippen molar-refractivity contribution in [1.82, 2.24) is 9.55 Å². The van der Waals surface area contributed by atoms with Gasteiger partial charge in [0.25, 0.3) is 5.69 Å². The molecular formula is C16H13N3O2S. The number of aromatic amines is 1. The third-order valence-corrected chi connectivity index (χ3v) is 3.72. The van der Waals surface area contributed by atoms with E-state index in [4.69, 9.17) is 12.2 Å². The van der Waals surface area contributed by atoms with Gasteiger partial charge in [-0.3, -0.25) is 14.7 Å². The zero-order valence-corrected chi connectivity index (χ0v) is 12.6. The van der Waals surface area contributed by atoms with Crippen molar-refractivity contribution in [3.05, 3.63) is 75.2 Å².